The van der Waals surface area contributed by atoms with Crippen LogP contribution in [0.3, 0.4) is 0 Å². The first-order chi connectivity index (χ1) is 15.2. The Morgan fingerprint density at radius 1 is 0.500 bits per heavy atom. The first-order valence-electron chi connectivity index (χ1n) is 11.9. The van der Waals surface area contributed by atoms with Gasteiger partial charge in [-0.3, -0.25) is 0 Å². The molecule has 0 bridgehead atoms. The minimum absolute atomic E-state index is 0.974. The first kappa shape index (κ1) is 22.5. The number of quaternary nitrogens is 2. The molecule has 0 saturated carbocycles. The van der Waals surface area contributed by atoms with E-state index in [9.17, 15) is 0 Å². The lowest BCUT2D eigenvalue weighted by Crippen LogP contribution is -2.39. The minimum Gasteiger partial charge on any atom is -0.325 e. The van der Waals surface area contributed by atoms with Gasteiger partial charge in [-0.1, -0.05) is 72.8 Å². The lowest BCUT2D eigenvalue weighted by atomic mass is 9.86. The Morgan fingerprint density at radius 2 is 0.875 bits per heavy atom. The molecule has 0 saturated heterocycles. The summed E-state index contributed by atoms with van der Waals surface area (Å²) in [5.41, 5.74) is 5.72. The highest BCUT2D eigenvalue weighted by Crippen LogP contribution is 2.40. The molecule has 0 aromatic heterocycles. The number of rotatable bonds is 7. The summed E-state index contributed by atoms with van der Waals surface area (Å²) < 4.78 is 1.95. The van der Waals surface area contributed by atoms with Gasteiger partial charge in [-0.25, -0.2) is 0 Å². The molecule has 4 rings (SSSR count). The zero-order valence-corrected chi connectivity index (χ0v) is 20.7. The highest BCUT2D eigenvalue weighted by atomic mass is 15.3. The molecule has 0 aliphatic heterocycles. The van der Waals surface area contributed by atoms with E-state index in [1.165, 1.54) is 43.8 Å². The van der Waals surface area contributed by atoms with E-state index < -0.39 is 0 Å². The van der Waals surface area contributed by atoms with Gasteiger partial charge in [0.05, 0.1) is 41.3 Å². The molecule has 4 aromatic carbocycles. The van der Waals surface area contributed by atoms with Gasteiger partial charge < -0.3 is 8.97 Å². The number of nitrogens with zero attached hydrogens (tertiary/aromatic N) is 2. The highest BCUT2D eigenvalue weighted by molar-refractivity contribution is 6.07. The molecule has 0 unspecified atom stereocenters. The van der Waals surface area contributed by atoms with Crippen LogP contribution in [0.25, 0.3) is 32.7 Å². The number of hydrogen-bond donors (Lipinski definition) is 0. The Kier molecular flexibility index (Phi) is 6.11. The summed E-state index contributed by atoms with van der Waals surface area (Å²) in [7, 11) is 9.33. The van der Waals surface area contributed by atoms with Crippen molar-refractivity contribution in [2.24, 2.45) is 0 Å². The van der Waals surface area contributed by atoms with Crippen LogP contribution in [0.15, 0.2) is 72.8 Å². The molecule has 2 nitrogen and oxygen atoms in total. The summed E-state index contributed by atoms with van der Waals surface area (Å²) in [5.74, 6) is 0. The molecule has 0 atom stereocenters. The van der Waals surface area contributed by atoms with E-state index in [0.717, 1.165) is 35.1 Å². The molecular formula is C30H38N2+2. The van der Waals surface area contributed by atoms with Crippen molar-refractivity contribution in [3.05, 3.63) is 83.9 Å². The average molecular weight is 427 g/mol. The fraction of sp³-hybridized carbons (Fsp3) is 0.333. The lowest BCUT2D eigenvalue weighted by molar-refractivity contribution is -0.901. The summed E-state index contributed by atoms with van der Waals surface area (Å²) in [6.07, 6.45) is 0. The largest absolute Gasteiger partial charge is 0.325 e. The molecule has 0 aliphatic carbocycles. The monoisotopic (exact) mass is 426 g/mol. The van der Waals surface area contributed by atoms with Gasteiger partial charge in [0.2, 0.25) is 0 Å². The Morgan fingerprint density at radius 3 is 1.25 bits per heavy atom. The molecule has 32 heavy (non-hydrogen) atoms. The standard InChI is InChI=1S/C30H38N2/c1-7-31(3,4)21-25-19-17-23-13-9-11-15-27(23)29(25)30-26(22-32(5,6)8-2)20-18-24-14-10-12-16-28(24)30/h9-20H,7-8,21-22H2,1-6H3/q+2. The van der Waals surface area contributed by atoms with Crippen LogP contribution in [0.5, 0.6) is 0 Å². The van der Waals surface area contributed by atoms with Crippen molar-refractivity contribution < 1.29 is 8.97 Å². The van der Waals surface area contributed by atoms with Crippen molar-refractivity contribution >= 4 is 21.5 Å². The predicted octanol–water partition coefficient (Wildman–Crippen LogP) is 6.85. The second-order valence-electron chi connectivity index (χ2n) is 10.5. The Bertz CT molecular complexity index is 1150. The molecule has 166 valence electrons. The molecule has 0 amide bonds. The Balaban J connectivity index is 2.10. The van der Waals surface area contributed by atoms with Crippen LogP contribution in [0, 0.1) is 0 Å². The summed E-state index contributed by atoms with van der Waals surface area (Å²) in [6.45, 7) is 8.82. The van der Waals surface area contributed by atoms with Gasteiger partial charge in [-0.05, 0) is 46.5 Å². The van der Waals surface area contributed by atoms with E-state index in [2.05, 4.69) is 115 Å². The van der Waals surface area contributed by atoms with Gasteiger partial charge in [-0.15, -0.1) is 0 Å². The number of benzene rings is 4. The van der Waals surface area contributed by atoms with Crippen molar-refractivity contribution in [1.82, 2.24) is 0 Å². The van der Waals surface area contributed by atoms with Crippen LogP contribution in [0.2, 0.25) is 0 Å². The Hall–Kier alpha value is -2.68. The van der Waals surface area contributed by atoms with Crippen LogP contribution in [0.4, 0.5) is 0 Å². The minimum atomic E-state index is 0.974. The Labute approximate surface area is 193 Å². The number of fused-ring (bicyclic) bond motifs is 2. The second kappa shape index (κ2) is 8.69. The third-order valence-electron chi connectivity index (χ3n) is 7.19. The molecule has 0 radical (unpaired) electrons. The normalized spacial score (nSPS) is 12.6. The molecular weight excluding hydrogens is 388 g/mol. The summed E-state index contributed by atoms with van der Waals surface area (Å²) in [5, 5.41) is 5.35. The summed E-state index contributed by atoms with van der Waals surface area (Å²) >= 11 is 0. The maximum atomic E-state index is 2.37. The molecule has 0 N–H and O–H groups in total. The summed E-state index contributed by atoms with van der Waals surface area (Å²) in [6, 6.07) is 27.2. The average Bonchev–Trinajstić information content (AvgIpc) is 2.79. The molecule has 4 aromatic rings. The smallest absolute Gasteiger partial charge is 0.105 e. The maximum Gasteiger partial charge on any atom is 0.105 e. The van der Waals surface area contributed by atoms with Crippen molar-refractivity contribution in [2.45, 2.75) is 26.9 Å². The third-order valence-corrected chi connectivity index (χ3v) is 7.19. The van der Waals surface area contributed by atoms with Crippen LogP contribution in [0.1, 0.15) is 25.0 Å². The van der Waals surface area contributed by atoms with Gasteiger partial charge in [0, 0.05) is 11.1 Å². The van der Waals surface area contributed by atoms with Crippen molar-refractivity contribution in [3.63, 3.8) is 0 Å². The molecule has 0 spiro atoms. The third kappa shape index (κ3) is 4.44. The van der Waals surface area contributed by atoms with Gasteiger partial charge in [0.25, 0.3) is 0 Å². The lowest BCUT2D eigenvalue weighted by Gasteiger charge is -2.32. The van der Waals surface area contributed by atoms with Crippen molar-refractivity contribution in [1.29, 1.82) is 0 Å². The van der Waals surface area contributed by atoms with E-state index in [-0.39, 0.29) is 0 Å². The van der Waals surface area contributed by atoms with Gasteiger partial charge in [0.15, 0.2) is 0 Å². The topological polar surface area (TPSA) is 0 Å². The summed E-state index contributed by atoms with van der Waals surface area (Å²) in [4.78, 5) is 0. The van der Waals surface area contributed by atoms with Crippen molar-refractivity contribution in [3.8, 4) is 11.1 Å². The van der Waals surface area contributed by atoms with Crippen LogP contribution >= 0.6 is 0 Å². The van der Waals surface area contributed by atoms with E-state index >= 15 is 0 Å². The second-order valence-corrected chi connectivity index (χ2v) is 10.5. The molecule has 0 heterocycles. The van der Waals surface area contributed by atoms with E-state index in [1.54, 1.807) is 0 Å². The van der Waals surface area contributed by atoms with Crippen LogP contribution in [-0.4, -0.2) is 50.2 Å². The van der Waals surface area contributed by atoms with Gasteiger partial charge in [0.1, 0.15) is 13.1 Å². The SMILES string of the molecule is CC[N+](C)(C)Cc1ccc2ccccc2c1-c1c(C[N+](C)(C)CC)ccc2ccccc12. The van der Waals surface area contributed by atoms with Crippen molar-refractivity contribution in [2.75, 3.05) is 41.3 Å². The van der Waals surface area contributed by atoms with Crippen LogP contribution < -0.4 is 0 Å². The highest BCUT2D eigenvalue weighted by Gasteiger charge is 2.24. The predicted molar refractivity (Wildman–Crippen MR) is 140 cm³/mol. The zero-order valence-electron chi connectivity index (χ0n) is 20.7. The van der Waals surface area contributed by atoms with Gasteiger partial charge in [-0.2, -0.15) is 0 Å². The fourth-order valence-electron chi connectivity index (χ4n) is 4.63. The quantitative estimate of drug-likeness (QED) is 0.283. The molecule has 2 heteroatoms. The van der Waals surface area contributed by atoms with E-state index in [4.69, 9.17) is 0 Å². The molecule has 0 aliphatic rings. The van der Waals surface area contributed by atoms with Crippen LogP contribution in [-0.2, 0) is 13.1 Å². The fourth-order valence-corrected chi connectivity index (χ4v) is 4.63. The number of hydrogen-bond acceptors (Lipinski definition) is 0. The maximum absolute atomic E-state index is 2.37. The zero-order chi connectivity index (χ0) is 22.9. The molecule has 0 fully saturated rings. The van der Waals surface area contributed by atoms with E-state index in [1.807, 2.05) is 0 Å². The van der Waals surface area contributed by atoms with E-state index in [0.29, 0.717) is 0 Å². The van der Waals surface area contributed by atoms with Gasteiger partial charge >= 0.3 is 0 Å². The first-order valence-corrected chi connectivity index (χ1v) is 11.9.